The zero-order chi connectivity index (χ0) is 18.0. The second-order valence-corrected chi connectivity index (χ2v) is 6.40. The van der Waals surface area contributed by atoms with Crippen molar-refractivity contribution in [2.45, 2.75) is 32.4 Å². The highest BCUT2D eigenvalue weighted by Crippen LogP contribution is 2.33. The Morgan fingerprint density at radius 3 is 2.68 bits per heavy atom. The van der Waals surface area contributed by atoms with Gasteiger partial charge in [-0.3, -0.25) is 4.79 Å². The topological polar surface area (TPSA) is 81.6 Å². The quantitative estimate of drug-likeness (QED) is 0.663. The number of Topliss-reactive ketones (excluding diaryl/α,β-unsaturated/α-hetero) is 1. The molecule has 1 unspecified atom stereocenters. The van der Waals surface area contributed by atoms with Crippen molar-refractivity contribution in [3.63, 3.8) is 0 Å². The van der Waals surface area contributed by atoms with Crippen molar-refractivity contribution < 1.29 is 15.0 Å². The maximum Gasteiger partial charge on any atom is 0.218 e. The molecule has 1 aromatic carbocycles. The van der Waals surface area contributed by atoms with Crippen molar-refractivity contribution in [2.24, 2.45) is 0 Å². The maximum absolute atomic E-state index is 12.3. The highest BCUT2D eigenvalue weighted by Gasteiger charge is 2.49. The molecule has 5 heteroatoms. The molecule has 5 nitrogen and oxygen atoms in total. The van der Waals surface area contributed by atoms with Gasteiger partial charge in [-0.1, -0.05) is 42.5 Å². The highest BCUT2D eigenvalue weighted by molar-refractivity contribution is 6.11. The third kappa shape index (κ3) is 3.23. The van der Waals surface area contributed by atoms with Crippen molar-refractivity contribution in [1.29, 1.82) is 0 Å². The standard InChI is InChI=1S/C20H22N2O3/c1-13-8-6-7-11-15(17(13)23)22-16-18(20(2,25)19(16)24)21-12-14-9-4-3-5-10-14/h3-5,7-11,21-23,25H,6,12H2,1-2H3. The minimum atomic E-state index is -1.55. The van der Waals surface area contributed by atoms with Gasteiger partial charge in [0.2, 0.25) is 5.78 Å². The molecule has 0 saturated heterocycles. The summed E-state index contributed by atoms with van der Waals surface area (Å²) in [4.78, 5) is 12.3. The first-order valence-electron chi connectivity index (χ1n) is 8.25. The van der Waals surface area contributed by atoms with E-state index in [0.29, 0.717) is 24.4 Å². The minimum Gasteiger partial charge on any atom is -0.506 e. The van der Waals surface area contributed by atoms with Gasteiger partial charge in [0, 0.05) is 6.54 Å². The molecule has 0 bridgehead atoms. The Balaban J connectivity index is 1.85. The molecule has 1 aromatic rings. The Morgan fingerprint density at radius 2 is 1.96 bits per heavy atom. The SMILES string of the molecule is CC1=CCC=CC(NC2=C(NCc3ccccc3)C(C)(O)C2=O)=C1O. The first kappa shape index (κ1) is 17.0. The Morgan fingerprint density at radius 1 is 1.24 bits per heavy atom. The highest BCUT2D eigenvalue weighted by atomic mass is 16.3. The summed E-state index contributed by atoms with van der Waals surface area (Å²) >= 11 is 0. The van der Waals surface area contributed by atoms with E-state index in [2.05, 4.69) is 10.6 Å². The van der Waals surface area contributed by atoms with Gasteiger partial charge in [-0.05, 0) is 37.5 Å². The second-order valence-electron chi connectivity index (χ2n) is 6.40. The lowest BCUT2D eigenvalue weighted by atomic mass is 9.81. The number of carbonyl (C=O) groups is 1. The Hall–Kier alpha value is -2.79. The molecule has 4 N–H and O–H groups in total. The molecule has 3 rings (SSSR count). The third-order valence-corrected chi connectivity index (χ3v) is 4.45. The Kier molecular flexibility index (Phi) is 4.51. The van der Waals surface area contributed by atoms with Crippen molar-refractivity contribution in [3.05, 3.63) is 82.5 Å². The first-order valence-corrected chi connectivity index (χ1v) is 8.25. The number of hydrogen-bond donors (Lipinski definition) is 4. The zero-order valence-corrected chi connectivity index (χ0v) is 14.3. The number of benzene rings is 1. The van der Waals surface area contributed by atoms with Gasteiger partial charge in [-0.25, -0.2) is 0 Å². The van der Waals surface area contributed by atoms with E-state index in [1.54, 1.807) is 6.08 Å². The molecule has 0 spiro atoms. The van der Waals surface area contributed by atoms with Gasteiger partial charge in [-0.15, -0.1) is 0 Å². The van der Waals surface area contributed by atoms with Gasteiger partial charge < -0.3 is 20.8 Å². The first-order chi connectivity index (χ1) is 11.9. The summed E-state index contributed by atoms with van der Waals surface area (Å²) in [5, 5.41) is 26.8. The average Bonchev–Trinajstić information content (AvgIpc) is 2.76. The summed E-state index contributed by atoms with van der Waals surface area (Å²) in [6, 6.07) is 9.73. The fourth-order valence-corrected chi connectivity index (χ4v) is 2.87. The number of aliphatic hydroxyl groups excluding tert-OH is 1. The van der Waals surface area contributed by atoms with Crippen LogP contribution in [0.1, 0.15) is 25.8 Å². The van der Waals surface area contributed by atoms with Gasteiger partial charge in [0.15, 0.2) is 5.60 Å². The molecule has 2 aliphatic rings. The number of hydrogen-bond acceptors (Lipinski definition) is 5. The molecule has 130 valence electrons. The van der Waals surface area contributed by atoms with E-state index in [1.165, 1.54) is 6.92 Å². The van der Waals surface area contributed by atoms with Crippen LogP contribution in [0.4, 0.5) is 0 Å². The molecule has 0 aromatic heterocycles. The second kappa shape index (κ2) is 6.61. The van der Waals surface area contributed by atoms with Crippen LogP contribution in [0.2, 0.25) is 0 Å². The predicted octanol–water partition coefficient (Wildman–Crippen LogP) is 2.59. The lowest BCUT2D eigenvalue weighted by Crippen LogP contribution is -2.56. The largest absolute Gasteiger partial charge is 0.506 e. The number of nitrogens with one attached hydrogen (secondary N) is 2. The van der Waals surface area contributed by atoms with E-state index in [0.717, 1.165) is 11.1 Å². The number of aliphatic hydroxyl groups is 2. The summed E-state index contributed by atoms with van der Waals surface area (Å²) in [7, 11) is 0. The van der Waals surface area contributed by atoms with Crippen LogP contribution in [0, 0.1) is 0 Å². The van der Waals surface area contributed by atoms with Crippen LogP contribution in [0.5, 0.6) is 0 Å². The molecule has 2 aliphatic carbocycles. The fourth-order valence-electron chi connectivity index (χ4n) is 2.87. The molecule has 0 amide bonds. The number of rotatable bonds is 5. The molecule has 0 radical (unpaired) electrons. The van der Waals surface area contributed by atoms with Crippen LogP contribution in [0.25, 0.3) is 0 Å². The number of carbonyl (C=O) groups excluding carboxylic acids is 1. The van der Waals surface area contributed by atoms with Gasteiger partial charge in [0.1, 0.15) is 11.5 Å². The predicted molar refractivity (Wildman–Crippen MR) is 96.2 cm³/mol. The van der Waals surface area contributed by atoms with Crippen LogP contribution in [0.15, 0.2) is 77.0 Å². The molecule has 0 fully saturated rings. The summed E-state index contributed by atoms with van der Waals surface area (Å²) in [6.07, 6.45) is 6.26. The lowest BCUT2D eigenvalue weighted by Gasteiger charge is -2.38. The van der Waals surface area contributed by atoms with E-state index >= 15 is 0 Å². The Labute approximate surface area is 147 Å². The van der Waals surface area contributed by atoms with Crippen LogP contribution < -0.4 is 10.6 Å². The van der Waals surface area contributed by atoms with E-state index < -0.39 is 11.4 Å². The van der Waals surface area contributed by atoms with Crippen LogP contribution in [0.3, 0.4) is 0 Å². The molecular weight excluding hydrogens is 316 g/mol. The normalized spacial score (nSPS) is 23.2. The number of allylic oxidation sites excluding steroid dienone is 4. The Bertz CT molecular complexity index is 815. The van der Waals surface area contributed by atoms with Crippen LogP contribution in [-0.4, -0.2) is 21.6 Å². The maximum atomic E-state index is 12.3. The lowest BCUT2D eigenvalue weighted by molar-refractivity contribution is -0.133. The van der Waals surface area contributed by atoms with Crippen molar-refractivity contribution >= 4 is 5.78 Å². The monoisotopic (exact) mass is 338 g/mol. The smallest absolute Gasteiger partial charge is 0.218 e. The van der Waals surface area contributed by atoms with Gasteiger partial charge >= 0.3 is 0 Å². The summed E-state index contributed by atoms with van der Waals surface area (Å²) in [6.45, 7) is 3.77. The van der Waals surface area contributed by atoms with Crippen LogP contribution >= 0.6 is 0 Å². The molecule has 0 saturated carbocycles. The van der Waals surface area contributed by atoms with Gasteiger partial charge in [0.05, 0.1) is 11.4 Å². The van der Waals surface area contributed by atoms with E-state index in [1.807, 2.05) is 49.4 Å². The van der Waals surface area contributed by atoms with Crippen molar-refractivity contribution in [1.82, 2.24) is 10.6 Å². The molecule has 0 aliphatic heterocycles. The summed E-state index contributed by atoms with van der Waals surface area (Å²) in [5.41, 5.74) is 1.39. The van der Waals surface area contributed by atoms with Crippen molar-refractivity contribution in [2.75, 3.05) is 0 Å². The van der Waals surface area contributed by atoms with E-state index in [-0.39, 0.29) is 11.5 Å². The number of ketones is 1. The van der Waals surface area contributed by atoms with Gasteiger partial charge in [-0.2, -0.15) is 0 Å². The average molecular weight is 338 g/mol. The zero-order valence-electron chi connectivity index (χ0n) is 14.3. The summed E-state index contributed by atoms with van der Waals surface area (Å²) in [5.74, 6) is -0.300. The van der Waals surface area contributed by atoms with Crippen LogP contribution in [-0.2, 0) is 11.3 Å². The molecule has 0 heterocycles. The molecule has 1 atom stereocenters. The van der Waals surface area contributed by atoms with Gasteiger partial charge in [0.25, 0.3) is 0 Å². The van der Waals surface area contributed by atoms with E-state index in [9.17, 15) is 15.0 Å². The molecular formula is C20H22N2O3. The molecule has 25 heavy (non-hydrogen) atoms. The minimum absolute atomic E-state index is 0.100. The fraction of sp³-hybridized carbons (Fsp3) is 0.250. The van der Waals surface area contributed by atoms with Crippen molar-refractivity contribution in [3.8, 4) is 0 Å². The summed E-state index contributed by atoms with van der Waals surface area (Å²) < 4.78 is 0. The third-order valence-electron chi connectivity index (χ3n) is 4.45. The van der Waals surface area contributed by atoms with E-state index in [4.69, 9.17) is 0 Å².